The Bertz CT molecular complexity index is 451. The number of nitrogens with one attached hydrogen (secondary N) is 2. The van der Waals surface area contributed by atoms with Gasteiger partial charge in [-0.05, 0) is 32.1 Å². The van der Waals surface area contributed by atoms with Gasteiger partial charge in [0.2, 0.25) is 0 Å². The third-order valence-corrected chi connectivity index (χ3v) is 3.27. The van der Waals surface area contributed by atoms with Crippen LogP contribution in [0.1, 0.15) is 25.0 Å². The standard InChI is InChI=1S/C12H19N5O/c1-9-11(15-16-17(9)2)14-12(18)13-8-10-6-4-3-5-7-10/h3-4,10H,5-8H2,1-2H3,(H2,13,14,18). The first-order valence-corrected chi connectivity index (χ1v) is 6.23. The van der Waals surface area contributed by atoms with Gasteiger partial charge in [-0.1, -0.05) is 17.4 Å². The van der Waals surface area contributed by atoms with E-state index in [0.717, 1.165) is 25.0 Å². The third kappa shape index (κ3) is 3.09. The lowest BCUT2D eigenvalue weighted by molar-refractivity contribution is 0.249. The van der Waals surface area contributed by atoms with Crippen molar-refractivity contribution in [3.8, 4) is 0 Å². The maximum Gasteiger partial charge on any atom is 0.320 e. The molecular formula is C12H19N5O. The maximum atomic E-state index is 11.7. The lowest BCUT2D eigenvalue weighted by atomic mass is 9.94. The van der Waals surface area contributed by atoms with Crippen molar-refractivity contribution in [1.82, 2.24) is 20.3 Å². The molecule has 0 aromatic carbocycles. The summed E-state index contributed by atoms with van der Waals surface area (Å²) >= 11 is 0. The highest BCUT2D eigenvalue weighted by Crippen LogP contribution is 2.16. The number of aryl methyl sites for hydroxylation is 1. The summed E-state index contributed by atoms with van der Waals surface area (Å²) in [7, 11) is 1.79. The van der Waals surface area contributed by atoms with Crippen LogP contribution in [0.2, 0.25) is 0 Å². The van der Waals surface area contributed by atoms with Crippen LogP contribution in [0.4, 0.5) is 10.6 Å². The summed E-state index contributed by atoms with van der Waals surface area (Å²) in [6, 6.07) is -0.215. The van der Waals surface area contributed by atoms with E-state index in [1.165, 1.54) is 0 Å². The number of aromatic nitrogens is 3. The Morgan fingerprint density at radius 2 is 2.39 bits per heavy atom. The summed E-state index contributed by atoms with van der Waals surface area (Å²) in [5.74, 6) is 1.06. The minimum Gasteiger partial charge on any atom is -0.338 e. The minimum atomic E-state index is -0.215. The largest absolute Gasteiger partial charge is 0.338 e. The number of anilines is 1. The van der Waals surface area contributed by atoms with Gasteiger partial charge < -0.3 is 5.32 Å². The van der Waals surface area contributed by atoms with Crippen molar-refractivity contribution >= 4 is 11.8 Å². The van der Waals surface area contributed by atoms with Crippen molar-refractivity contribution < 1.29 is 4.79 Å². The van der Waals surface area contributed by atoms with Crippen LogP contribution in [0.5, 0.6) is 0 Å². The minimum absolute atomic E-state index is 0.215. The first-order valence-electron chi connectivity index (χ1n) is 6.23. The molecule has 0 saturated heterocycles. The van der Waals surface area contributed by atoms with Gasteiger partial charge in [0, 0.05) is 13.6 Å². The number of hydrogen-bond acceptors (Lipinski definition) is 3. The molecule has 2 rings (SSSR count). The number of amides is 2. The molecule has 1 aliphatic rings. The molecule has 0 radical (unpaired) electrons. The van der Waals surface area contributed by atoms with Gasteiger partial charge in [-0.2, -0.15) is 0 Å². The zero-order valence-electron chi connectivity index (χ0n) is 10.8. The number of hydrogen-bond donors (Lipinski definition) is 2. The SMILES string of the molecule is Cc1c(NC(=O)NCC2CC=CCC2)nnn1C. The quantitative estimate of drug-likeness (QED) is 0.799. The second-order valence-corrected chi connectivity index (χ2v) is 4.63. The van der Waals surface area contributed by atoms with E-state index in [2.05, 4.69) is 33.1 Å². The van der Waals surface area contributed by atoms with Crippen molar-refractivity contribution in [2.24, 2.45) is 13.0 Å². The second-order valence-electron chi connectivity index (χ2n) is 4.63. The smallest absolute Gasteiger partial charge is 0.320 e. The number of allylic oxidation sites excluding steroid dienone is 2. The lowest BCUT2D eigenvalue weighted by Crippen LogP contribution is -2.33. The summed E-state index contributed by atoms with van der Waals surface area (Å²) in [4.78, 5) is 11.7. The molecule has 0 spiro atoms. The highest BCUT2D eigenvalue weighted by molar-refractivity contribution is 5.88. The summed E-state index contributed by atoms with van der Waals surface area (Å²) in [5.41, 5.74) is 0.839. The zero-order valence-corrected chi connectivity index (χ0v) is 10.8. The van der Waals surface area contributed by atoms with Gasteiger partial charge in [0.1, 0.15) is 0 Å². The maximum absolute atomic E-state index is 11.7. The Kier molecular flexibility index (Phi) is 3.96. The molecule has 1 aromatic heterocycles. The van der Waals surface area contributed by atoms with Crippen LogP contribution in [0.15, 0.2) is 12.2 Å². The molecule has 1 atom stereocenters. The predicted octanol–water partition coefficient (Wildman–Crippen LogP) is 1.60. The highest BCUT2D eigenvalue weighted by atomic mass is 16.2. The van der Waals surface area contributed by atoms with Crippen molar-refractivity contribution in [3.63, 3.8) is 0 Å². The van der Waals surface area contributed by atoms with Crippen molar-refractivity contribution in [2.45, 2.75) is 26.2 Å². The molecule has 0 bridgehead atoms. The van der Waals surface area contributed by atoms with Gasteiger partial charge in [0.05, 0.1) is 5.69 Å². The van der Waals surface area contributed by atoms with E-state index < -0.39 is 0 Å². The molecular weight excluding hydrogens is 230 g/mol. The average Bonchev–Trinajstić information content (AvgIpc) is 2.70. The van der Waals surface area contributed by atoms with Gasteiger partial charge in [-0.15, -0.1) is 5.10 Å². The number of rotatable bonds is 3. The first-order chi connectivity index (χ1) is 8.66. The van der Waals surface area contributed by atoms with Gasteiger partial charge in [0.25, 0.3) is 0 Å². The monoisotopic (exact) mass is 249 g/mol. The summed E-state index contributed by atoms with van der Waals surface area (Å²) in [5, 5.41) is 13.3. The van der Waals surface area contributed by atoms with Gasteiger partial charge >= 0.3 is 6.03 Å². The lowest BCUT2D eigenvalue weighted by Gasteiger charge is -2.18. The summed E-state index contributed by atoms with van der Waals surface area (Å²) in [6.07, 6.45) is 7.67. The fourth-order valence-electron chi connectivity index (χ4n) is 1.95. The third-order valence-electron chi connectivity index (χ3n) is 3.27. The molecule has 0 fully saturated rings. The van der Waals surface area contributed by atoms with Crippen molar-refractivity contribution in [2.75, 3.05) is 11.9 Å². The molecule has 0 aliphatic heterocycles. The van der Waals surface area contributed by atoms with E-state index in [-0.39, 0.29) is 6.03 Å². The molecule has 1 aliphatic carbocycles. The van der Waals surface area contributed by atoms with Crippen LogP contribution >= 0.6 is 0 Å². The molecule has 98 valence electrons. The zero-order chi connectivity index (χ0) is 13.0. The normalized spacial score (nSPS) is 18.7. The van der Waals surface area contributed by atoms with E-state index in [4.69, 9.17) is 0 Å². The molecule has 0 saturated carbocycles. The van der Waals surface area contributed by atoms with Gasteiger partial charge in [0.15, 0.2) is 5.82 Å². The summed E-state index contributed by atoms with van der Waals surface area (Å²) in [6.45, 7) is 2.57. The molecule has 6 heteroatoms. The molecule has 2 N–H and O–H groups in total. The molecule has 1 unspecified atom stereocenters. The Hall–Kier alpha value is -1.85. The topological polar surface area (TPSA) is 71.8 Å². The Labute approximate surface area is 106 Å². The van der Waals surface area contributed by atoms with Gasteiger partial charge in [-0.25, -0.2) is 4.79 Å². The van der Waals surface area contributed by atoms with Crippen molar-refractivity contribution in [3.05, 3.63) is 17.8 Å². The summed E-state index contributed by atoms with van der Waals surface area (Å²) < 4.78 is 1.63. The van der Waals surface area contributed by atoms with E-state index >= 15 is 0 Å². The molecule has 18 heavy (non-hydrogen) atoms. The fourth-order valence-corrected chi connectivity index (χ4v) is 1.95. The van der Waals surface area contributed by atoms with Crippen LogP contribution in [0.3, 0.4) is 0 Å². The van der Waals surface area contributed by atoms with E-state index in [1.807, 2.05) is 6.92 Å². The average molecular weight is 249 g/mol. The number of nitrogens with zero attached hydrogens (tertiary/aromatic N) is 3. The Morgan fingerprint density at radius 3 is 3.00 bits per heavy atom. The Balaban J connectivity index is 1.78. The van der Waals surface area contributed by atoms with Crippen LogP contribution in [-0.2, 0) is 7.05 Å². The number of carbonyl (C=O) groups excluding carboxylic acids is 1. The second kappa shape index (κ2) is 5.66. The van der Waals surface area contributed by atoms with Crippen LogP contribution in [-0.4, -0.2) is 27.6 Å². The van der Waals surface area contributed by atoms with Crippen molar-refractivity contribution in [1.29, 1.82) is 0 Å². The molecule has 1 heterocycles. The highest BCUT2D eigenvalue weighted by Gasteiger charge is 2.13. The molecule has 6 nitrogen and oxygen atoms in total. The first kappa shape index (κ1) is 12.6. The fraction of sp³-hybridized carbons (Fsp3) is 0.583. The van der Waals surface area contributed by atoms with Crippen LogP contribution < -0.4 is 10.6 Å². The Morgan fingerprint density at radius 1 is 1.56 bits per heavy atom. The van der Waals surface area contributed by atoms with E-state index in [1.54, 1.807) is 11.7 Å². The predicted molar refractivity (Wildman–Crippen MR) is 69.2 cm³/mol. The van der Waals surface area contributed by atoms with Gasteiger partial charge in [-0.3, -0.25) is 10.00 Å². The van der Waals surface area contributed by atoms with Crippen LogP contribution in [0, 0.1) is 12.8 Å². The number of urea groups is 1. The van der Waals surface area contributed by atoms with E-state index in [9.17, 15) is 4.79 Å². The molecule has 1 aromatic rings. The number of carbonyl (C=O) groups is 1. The molecule has 2 amide bonds. The van der Waals surface area contributed by atoms with E-state index in [0.29, 0.717) is 18.3 Å². The van der Waals surface area contributed by atoms with Crippen LogP contribution in [0.25, 0.3) is 0 Å².